The standard InChI is InChI=1S/C16H20N2O2/c1-5-9-18(10-6-2)16(20)15(19)17-14-11-12(3)7-8-13(14)4/h5-8,11H,1-2,9-10H2,3-4H3,(H,17,19). The van der Waals surface area contributed by atoms with Gasteiger partial charge in [0, 0.05) is 18.8 Å². The first kappa shape index (κ1) is 15.7. The molecule has 4 heteroatoms. The van der Waals surface area contributed by atoms with Crippen LogP contribution < -0.4 is 5.32 Å². The molecule has 2 amide bonds. The van der Waals surface area contributed by atoms with Crippen LogP contribution >= 0.6 is 0 Å². The van der Waals surface area contributed by atoms with Gasteiger partial charge in [0.05, 0.1) is 0 Å². The molecule has 0 fully saturated rings. The first-order chi connectivity index (χ1) is 9.49. The Bertz CT molecular complexity index is 525. The van der Waals surface area contributed by atoms with Gasteiger partial charge < -0.3 is 10.2 Å². The highest BCUT2D eigenvalue weighted by molar-refractivity contribution is 6.39. The number of anilines is 1. The molecule has 0 bridgehead atoms. The van der Waals surface area contributed by atoms with Crippen LogP contribution in [-0.2, 0) is 9.59 Å². The molecule has 0 unspecified atom stereocenters. The van der Waals surface area contributed by atoms with E-state index in [0.29, 0.717) is 18.8 Å². The summed E-state index contributed by atoms with van der Waals surface area (Å²) in [5.74, 6) is -1.24. The summed E-state index contributed by atoms with van der Waals surface area (Å²) in [4.78, 5) is 25.4. The van der Waals surface area contributed by atoms with E-state index in [1.165, 1.54) is 4.90 Å². The first-order valence-electron chi connectivity index (χ1n) is 6.39. The number of aryl methyl sites for hydroxylation is 2. The molecule has 4 nitrogen and oxygen atoms in total. The number of amides is 2. The van der Waals surface area contributed by atoms with E-state index in [1.54, 1.807) is 12.2 Å². The van der Waals surface area contributed by atoms with Crippen LogP contribution in [0.5, 0.6) is 0 Å². The third-order valence-corrected chi connectivity index (χ3v) is 2.82. The average molecular weight is 272 g/mol. The monoisotopic (exact) mass is 272 g/mol. The highest BCUT2D eigenvalue weighted by Gasteiger charge is 2.20. The smallest absolute Gasteiger partial charge is 0.313 e. The Balaban J connectivity index is 2.83. The number of rotatable bonds is 5. The quantitative estimate of drug-likeness (QED) is 0.661. The Labute approximate surface area is 119 Å². The number of carbonyl (C=O) groups is 2. The number of hydrogen-bond donors (Lipinski definition) is 1. The summed E-state index contributed by atoms with van der Waals surface area (Å²) in [6.07, 6.45) is 3.15. The maximum absolute atomic E-state index is 12.0. The lowest BCUT2D eigenvalue weighted by atomic mass is 10.1. The van der Waals surface area contributed by atoms with Gasteiger partial charge >= 0.3 is 11.8 Å². The van der Waals surface area contributed by atoms with Crippen molar-refractivity contribution in [2.45, 2.75) is 13.8 Å². The Morgan fingerprint density at radius 2 is 1.80 bits per heavy atom. The minimum absolute atomic E-state index is 0.311. The highest BCUT2D eigenvalue weighted by atomic mass is 16.2. The van der Waals surface area contributed by atoms with Crippen LogP contribution in [0.2, 0.25) is 0 Å². The van der Waals surface area contributed by atoms with E-state index in [1.807, 2.05) is 32.0 Å². The summed E-state index contributed by atoms with van der Waals surface area (Å²) in [5.41, 5.74) is 2.59. The molecule has 1 aromatic rings. The van der Waals surface area contributed by atoms with Gasteiger partial charge in [-0.15, -0.1) is 13.2 Å². The molecule has 0 aliphatic carbocycles. The number of carbonyl (C=O) groups excluding carboxylic acids is 2. The fraction of sp³-hybridized carbons (Fsp3) is 0.250. The second-order valence-electron chi connectivity index (χ2n) is 4.56. The average Bonchev–Trinajstić information content (AvgIpc) is 2.41. The van der Waals surface area contributed by atoms with Crippen LogP contribution in [0.25, 0.3) is 0 Å². The van der Waals surface area contributed by atoms with Gasteiger partial charge in [0.15, 0.2) is 0 Å². The normalized spacial score (nSPS) is 9.70. The molecular weight excluding hydrogens is 252 g/mol. The molecule has 0 atom stereocenters. The Morgan fingerprint density at radius 3 is 2.35 bits per heavy atom. The number of benzene rings is 1. The summed E-state index contributed by atoms with van der Waals surface area (Å²) >= 11 is 0. The molecule has 20 heavy (non-hydrogen) atoms. The van der Waals surface area contributed by atoms with Crippen molar-refractivity contribution in [1.82, 2.24) is 4.90 Å². The van der Waals surface area contributed by atoms with E-state index in [2.05, 4.69) is 18.5 Å². The molecule has 0 aromatic heterocycles. The lowest BCUT2D eigenvalue weighted by Gasteiger charge is -2.19. The Kier molecular flexibility index (Phi) is 5.72. The largest absolute Gasteiger partial charge is 0.327 e. The summed E-state index contributed by atoms with van der Waals surface area (Å²) in [6.45, 7) is 11.6. The van der Waals surface area contributed by atoms with Crippen molar-refractivity contribution in [2.24, 2.45) is 0 Å². The Hall–Kier alpha value is -2.36. The summed E-state index contributed by atoms with van der Waals surface area (Å²) < 4.78 is 0. The van der Waals surface area contributed by atoms with Gasteiger partial charge in [0.1, 0.15) is 0 Å². The zero-order valence-electron chi connectivity index (χ0n) is 12.0. The van der Waals surface area contributed by atoms with Crippen LogP contribution in [0, 0.1) is 13.8 Å². The van der Waals surface area contributed by atoms with Gasteiger partial charge in [0.2, 0.25) is 0 Å². The zero-order chi connectivity index (χ0) is 15.1. The number of nitrogens with zero attached hydrogens (tertiary/aromatic N) is 1. The van der Waals surface area contributed by atoms with Gasteiger partial charge in [-0.2, -0.15) is 0 Å². The topological polar surface area (TPSA) is 49.4 Å². The molecule has 0 saturated carbocycles. The zero-order valence-corrected chi connectivity index (χ0v) is 12.0. The molecular formula is C16H20N2O2. The minimum atomic E-state index is -0.651. The van der Waals surface area contributed by atoms with E-state index in [4.69, 9.17) is 0 Å². The van der Waals surface area contributed by atoms with Crippen LogP contribution in [0.4, 0.5) is 5.69 Å². The third kappa shape index (κ3) is 4.09. The summed E-state index contributed by atoms with van der Waals surface area (Å²) in [5, 5.41) is 2.65. The van der Waals surface area contributed by atoms with Crippen molar-refractivity contribution >= 4 is 17.5 Å². The first-order valence-corrected chi connectivity index (χ1v) is 6.39. The van der Waals surface area contributed by atoms with E-state index >= 15 is 0 Å². The molecule has 1 rings (SSSR count). The maximum atomic E-state index is 12.0. The summed E-state index contributed by atoms with van der Waals surface area (Å²) in [7, 11) is 0. The third-order valence-electron chi connectivity index (χ3n) is 2.82. The maximum Gasteiger partial charge on any atom is 0.313 e. The molecule has 0 spiro atoms. The SMILES string of the molecule is C=CCN(CC=C)C(=O)C(=O)Nc1cc(C)ccc1C. The second kappa shape index (κ2) is 7.28. The van der Waals surface area contributed by atoms with E-state index in [-0.39, 0.29) is 0 Å². The van der Waals surface area contributed by atoms with Crippen molar-refractivity contribution in [2.75, 3.05) is 18.4 Å². The van der Waals surface area contributed by atoms with Gasteiger partial charge in [-0.05, 0) is 31.0 Å². The molecule has 106 valence electrons. The van der Waals surface area contributed by atoms with Crippen molar-refractivity contribution < 1.29 is 9.59 Å². The Morgan fingerprint density at radius 1 is 1.20 bits per heavy atom. The van der Waals surface area contributed by atoms with Crippen LogP contribution in [0.15, 0.2) is 43.5 Å². The minimum Gasteiger partial charge on any atom is -0.327 e. The molecule has 1 aromatic carbocycles. The van der Waals surface area contributed by atoms with E-state index < -0.39 is 11.8 Å². The lowest BCUT2D eigenvalue weighted by molar-refractivity contribution is -0.142. The predicted octanol–water partition coefficient (Wildman–Crippen LogP) is 2.44. The molecule has 1 N–H and O–H groups in total. The lowest BCUT2D eigenvalue weighted by Crippen LogP contribution is -2.40. The molecule has 0 aliphatic heterocycles. The highest BCUT2D eigenvalue weighted by Crippen LogP contribution is 2.16. The van der Waals surface area contributed by atoms with E-state index in [0.717, 1.165) is 11.1 Å². The molecule has 0 heterocycles. The summed E-state index contributed by atoms with van der Waals surface area (Å²) in [6, 6.07) is 5.70. The number of hydrogen-bond acceptors (Lipinski definition) is 2. The van der Waals surface area contributed by atoms with Crippen LogP contribution in [0.3, 0.4) is 0 Å². The molecule has 0 aliphatic rings. The number of nitrogens with one attached hydrogen (secondary N) is 1. The van der Waals surface area contributed by atoms with Gasteiger partial charge in [0.25, 0.3) is 0 Å². The fourth-order valence-corrected chi connectivity index (χ4v) is 1.74. The van der Waals surface area contributed by atoms with Crippen LogP contribution in [0.1, 0.15) is 11.1 Å². The predicted molar refractivity (Wildman–Crippen MR) is 81.5 cm³/mol. The molecule has 0 radical (unpaired) electrons. The van der Waals surface area contributed by atoms with Crippen molar-refractivity contribution in [3.8, 4) is 0 Å². The van der Waals surface area contributed by atoms with Crippen LogP contribution in [-0.4, -0.2) is 29.8 Å². The van der Waals surface area contributed by atoms with Gasteiger partial charge in [-0.3, -0.25) is 9.59 Å². The van der Waals surface area contributed by atoms with E-state index in [9.17, 15) is 9.59 Å². The second-order valence-corrected chi connectivity index (χ2v) is 4.56. The van der Waals surface area contributed by atoms with Gasteiger partial charge in [-0.1, -0.05) is 24.3 Å². The van der Waals surface area contributed by atoms with Crippen molar-refractivity contribution in [1.29, 1.82) is 0 Å². The molecule has 0 saturated heterocycles. The van der Waals surface area contributed by atoms with Gasteiger partial charge in [-0.25, -0.2) is 0 Å². The van der Waals surface area contributed by atoms with Crippen molar-refractivity contribution in [3.05, 3.63) is 54.6 Å². The van der Waals surface area contributed by atoms with Crippen molar-refractivity contribution in [3.63, 3.8) is 0 Å². The fourth-order valence-electron chi connectivity index (χ4n) is 1.74.